The Kier molecular flexibility index (Phi) is 33.0. The van der Waals surface area contributed by atoms with Crippen molar-refractivity contribution in [1.29, 1.82) is 0 Å². The summed E-state index contributed by atoms with van der Waals surface area (Å²) < 4.78 is 19.2. The Morgan fingerprint density at radius 1 is 0.362 bits per heavy atom. The van der Waals surface area contributed by atoms with Gasteiger partial charge < -0.3 is 14.2 Å². The molecule has 0 N–H and O–H groups in total. The first-order valence-corrected chi connectivity index (χ1v) is 21.4. The monoisotopic (exact) mass is 667 g/mol. The maximum Gasteiger partial charge on any atom is 0.160 e. The highest BCUT2D eigenvalue weighted by Gasteiger charge is 2.23. The SMILES string of the molecule is CCCCCCCCCC(CCCOCCCC)C(OCCCCCCCCCC(C)(C)C)OCCCCCCCCCC(C)(C)C. The van der Waals surface area contributed by atoms with E-state index < -0.39 is 0 Å². The molecule has 0 aromatic heterocycles. The molecule has 1 atom stereocenters. The number of hydrogen-bond acceptors (Lipinski definition) is 3. The van der Waals surface area contributed by atoms with Gasteiger partial charge in [0.05, 0.1) is 0 Å². The van der Waals surface area contributed by atoms with Crippen LogP contribution >= 0.6 is 0 Å². The Morgan fingerprint density at radius 3 is 1.17 bits per heavy atom. The first kappa shape index (κ1) is 46.9. The number of rotatable bonds is 36. The van der Waals surface area contributed by atoms with Crippen molar-refractivity contribution < 1.29 is 14.2 Å². The van der Waals surface area contributed by atoms with Gasteiger partial charge >= 0.3 is 0 Å². The van der Waals surface area contributed by atoms with Crippen LogP contribution in [0, 0.1) is 16.7 Å². The fourth-order valence-corrected chi connectivity index (χ4v) is 6.58. The van der Waals surface area contributed by atoms with Crippen LogP contribution in [0.4, 0.5) is 0 Å². The van der Waals surface area contributed by atoms with Gasteiger partial charge in [0.15, 0.2) is 6.29 Å². The van der Waals surface area contributed by atoms with Gasteiger partial charge in [-0.25, -0.2) is 0 Å². The van der Waals surface area contributed by atoms with Gasteiger partial charge in [0, 0.05) is 32.3 Å². The second-order valence-corrected chi connectivity index (χ2v) is 17.5. The van der Waals surface area contributed by atoms with Gasteiger partial charge in [-0.15, -0.1) is 0 Å². The predicted molar refractivity (Wildman–Crippen MR) is 210 cm³/mol. The quantitative estimate of drug-likeness (QED) is 0.0492. The van der Waals surface area contributed by atoms with E-state index in [1.165, 1.54) is 167 Å². The minimum absolute atomic E-state index is 0.0412. The average Bonchev–Trinajstić information content (AvgIpc) is 3.01. The highest BCUT2D eigenvalue weighted by atomic mass is 16.7. The molecule has 0 aromatic rings. The lowest BCUT2D eigenvalue weighted by molar-refractivity contribution is -0.177. The molecule has 0 rings (SSSR count). The van der Waals surface area contributed by atoms with Gasteiger partial charge in [-0.1, -0.05) is 184 Å². The summed E-state index contributed by atoms with van der Waals surface area (Å²) in [5, 5.41) is 0. The van der Waals surface area contributed by atoms with Crippen molar-refractivity contribution in [3.63, 3.8) is 0 Å². The van der Waals surface area contributed by atoms with Crippen molar-refractivity contribution in [1.82, 2.24) is 0 Å². The standard InChI is InChI=1S/C44H90O3/c1-9-11-13-14-17-22-27-33-41(34-32-38-45-37-12-10-2)42(46-39-30-25-20-15-18-23-28-35-43(3,4)5)47-40-31-26-21-16-19-24-29-36-44(6,7)8/h41-42H,9-40H2,1-8H3. The highest BCUT2D eigenvalue weighted by Crippen LogP contribution is 2.26. The molecule has 0 aliphatic heterocycles. The largest absolute Gasteiger partial charge is 0.381 e. The lowest BCUT2D eigenvalue weighted by atomic mass is 9.89. The first-order valence-electron chi connectivity index (χ1n) is 21.4. The normalized spacial score (nSPS) is 13.2. The second kappa shape index (κ2) is 33.0. The molecule has 0 aromatic carbocycles. The molecule has 0 heterocycles. The smallest absolute Gasteiger partial charge is 0.160 e. The lowest BCUT2D eigenvalue weighted by Gasteiger charge is -2.28. The molecule has 0 fully saturated rings. The van der Waals surface area contributed by atoms with E-state index in [9.17, 15) is 0 Å². The van der Waals surface area contributed by atoms with Crippen LogP contribution in [0.25, 0.3) is 0 Å². The van der Waals surface area contributed by atoms with Crippen LogP contribution in [0.5, 0.6) is 0 Å². The molecular weight excluding hydrogens is 576 g/mol. The van der Waals surface area contributed by atoms with Gasteiger partial charge in [-0.05, 0) is 62.2 Å². The summed E-state index contributed by atoms with van der Waals surface area (Å²) in [5.74, 6) is 0.492. The molecule has 0 spiro atoms. The van der Waals surface area contributed by atoms with Crippen molar-refractivity contribution in [2.75, 3.05) is 26.4 Å². The maximum absolute atomic E-state index is 6.63. The summed E-state index contributed by atoms with van der Waals surface area (Å²) in [6.07, 6.45) is 36.8. The third-order valence-corrected chi connectivity index (χ3v) is 9.78. The van der Waals surface area contributed by atoms with Gasteiger partial charge in [-0.3, -0.25) is 0 Å². The summed E-state index contributed by atoms with van der Waals surface area (Å²) in [6, 6.07) is 0. The number of ether oxygens (including phenoxy) is 3. The van der Waals surface area contributed by atoms with Crippen LogP contribution in [0.15, 0.2) is 0 Å². The van der Waals surface area contributed by atoms with E-state index in [0.717, 1.165) is 39.3 Å². The van der Waals surface area contributed by atoms with E-state index in [1.807, 2.05) is 0 Å². The van der Waals surface area contributed by atoms with Crippen LogP contribution in [-0.4, -0.2) is 32.7 Å². The van der Waals surface area contributed by atoms with Crippen LogP contribution in [0.1, 0.15) is 235 Å². The molecule has 0 aliphatic carbocycles. The van der Waals surface area contributed by atoms with Crippen molar-refractivity contribution >= 4 is 0 Å². The summed E-state index contributed by atoms with van der Waals surface area (Å²) in [5.41, 5.74) is 0.965. The zero-order chi connectivity index (χ0) is 34.9. The molecule has 0 aliphatic rings. The molecule has 1 unspecified atom stereocenters. The molecule has 284 valence electrons. The van der Waals surface area contributed by atoms with Gasteiger partial charge in [-0.2, -0.15) is 0 Å². The molecule has 0 bridgehead atoms. The van der Waals surface area contributed by atoms with E-state index in [-0.39, 0.29) is 6.29 Å². The Bertz CT molecular complexity index is 570. The van der Waals surface area contributed by atoms with Crippen LogP contribution < -0.4 is 0 Å². The molecule has 3 nitrogen and oxygen atoms in total. The van der Waals surface area contributed by atoms with Crippen molar-refractivity contribution in [2.45, 2.75) is 241 Å². The molecule has 0 amide bonds. The van der Waals surface area contributed by atoms with E-state index in [2.05, 4.69) is 55.4 Å². The minimum Gasteiger partial charge on any atom is -0.381 e. The summed E-state index contributed by atoms with van der Waals surface area (Å²) in [4.78, 5) is 0. The van der Waals surface area contributed by atoms with Gasteiger partial charge in [0.1, 0.15) is 0 Å². The topological polar surface area (TPSA) is 27.7 Å². The van der Waals surface area contributed by atoms with Crippen LogP contribution in [0.2, 0.25) is 0 Å². The summed E-state index contributed by atoms with van der Waals surface area (Å²) in [6.45, 7) is 22.2. The van der Waals surface area contributed by atoms with Crippen LogP contribution in [0.3, 0.4) is 0 Å². The van der Waals surface area contributed by atoms with Crippen molar-refractivity contribution in [3.05, 3.63) is 0 Å². The molecule has 0 saturated heterocycles. The Morgan fingerprint density at radius 2 is 0.723 bits per heavy atom. The molecule has 0 saturated carbocycles. The van der Waals surface area contributed by atoms with E-state index in [0.29, 0.717) is 16.7 Å². The second-order valence-electron chi connectivity index (χ2n) is 17.5. The predicted octanol–water partition coefficient (Wildman–Crippen LogP) is 15.0. The molecule has 3 heteroatoms. The van der Waals surface area contributed by atoms with Crippen LogP contribution in [-0.2, 0) is 14.2 Å². The molecular formula is C44H90O3. The third kappa shape index (κ3) is 37.0. The number of hydrogen-bond donors (Lipinski definition) is 0. The molecule has 47 heavy (non-hydrogen) atoms. The Hall–Kier alpha value is -0.120. The zero-order valence-electron chi connectivity index (χ0n) is 34.0. The first-order chi connectivity index (χ1) is 22.6. The summed E-state index contributed by atoms with van der Waals surface area (Å²) in [7, 11) is 0. The van der Waals surface area contributed by atoms with E-state index in [1.54, 1.807) is 0 Å². The zero-order valence-corrected chi connectivity index (χ0v) is 34.0. The van der Waals surface area contributed by atoms with Crippen molar-refractivity contribution in [3.8, 4) is 0 Å². The van der Waals surface area contributed by atoms with Crippen molar-refractivity contribution in [2.24, 2.45) is 16.7 Å². The Balaban J connectivity index is 4.73. The van der Waals surface area contributed by atoms with E-state index in [4.69, 9.17) is 14.2 Å². The summed E-state index contributed by atoms with van der Waals surface area (Å²) >= 11 is 0. The number of unbranched alkanes of at least 4 members (excludes halogenated alkanes) is 19. The van der Waals surface area contributed by atoms with Gasteiger partial charge in [0.25, 0.3) is 0 Å². The van der Waals surface area contributed by atoms with E-state index >= 15 is 0 Å². The van der Waals surface area contributed by atoms with Gasteiger partial charge in [0.2, 0.25) is 0 Å². The maximum atomic E-state index is 6.63. The highest BCUT2D eigenvalue weighted by molar-refractivity contribution is 4.67. The lowest BCUT2D eigenvalue weighted by Crippen LogP contribution is -2.29. The Labute approximate surface area is 298 Å². The molecule has 0 radical (unpaired) electrons. The fourth-order valence-electron chi connectivity index (χ4n) is 6.58. The average molecular weight is 667 g/mol. The third-order valence-electron chi connectivity index (χ3n) is 9.78. The minimum atomic E-state index is -0.0412. The fraction of sp³-hybridized carbons (Fsp3) is 1.00.